The Hall–Kier alpha value is -1.29. The van der Waals surface area contributed by atoms with Crippen molar-refractivity contribution in [2.45, 2.75) is 45.4 Å². The van der Waals surface area contributed by atoms with E-state index in [2.05, 4.69) is 28.2 Å². The van der Waals surface area contributed by atoms with Gasteiger partial charge in [0.2, 0.25) is 0 Å². The number of carbonyl (C=O) groups is 1. The Bertz CT molecular complexity index is 563. The van der Waals surface area contributed by atoms with Gasteiger partial charge in [0.05, 0.1) is 5.57 Å². The molecule has 0 unspecified atom stereocenters. The van der Waals surface area contributed by atoms with Gasteiger partial charge in [-0.1, -0.05) is 59.8 Å². The van der Waals surface area contributed by atoms with Gasteiger partial charge in [-0.3, -0.25) is 4.79 Å². The zero-order chi connectivity index (χ0) is 17.4. The predicted octanol–water partition coefficient (Wildman–Crippen LogP) is 4.83. The lowest BCUT2D eigenvalue weighted by Gasteiger charge is -2.18. The first-order valence-electron chi connectivity index (χ1n) is 9.07. The molecule has 132 valence electrons. The fourth-order valence-corrected chi connectivity index (χ4v) is 3.64. The molecule has 4 heteroatoms. The minimum atomic E-state index is 0.0199. The Morgan fingerprint density at radius 1 is 1.25 bits per heavy atom. The van der Waals surface area contributed by atoms with E-state index in [1.165, 1.54) is 38.5 Å². The van der Waals surface area contributed by atoms with Crippen molar-refractivity contribution in [1.29, 1.82) is 0 Å². The second-order valence-electron chi connectivity index (χ2n) is 6.66. The summed E-state index contributed by atoms with van der Waals surface area (Å²) in [5.41, 5.74) is 1.66. The summed E-state index contributed by atoms with van der Waals surface area (Å²) >= 11 is 3.58. The Morgan fingerprint density at radius 2 is 1.92 bits per heavy atom. The van der Waals surface area contributed by atoms with Gasteiger partial charge in [0.25, 0.3) is 5.91 Å². The second-order valence-corrected chi connectivity index (χ2v) is 7.52. The van der Waals surface area contributed by atoms with E-state index >= 15 is 0 Å². The Morgan fingerprint density at radius 3 is 2.54 bits per heavy atom. The van der Waals surface area contributed by atoms with Crippen molar-refractivity contribution in [2.24, 2.45) is 5.92 Å². The monoisotopic (exact) mass is 392 g/mol. The maximum absolute atomic E-state index is 12.8. The van der Waals surface area contributed by atoms with Gasteiger partial charge in [0.1, 0.15) is 0 Å². The molecular formula is C20H29BrN2O. The lowest BCUT2D eigenvalue weighted by Crippen LogP contribution is -2.30. The van der Waals surface area contributed by atoms with E-state index < -0.39 is 0 Å². The number of hydrogen-bond acceptors (Lipinski definition) is 2. The highest BCUT2D eigenvalue weighted by molar-refractivity contribution is 9.10. The van der Waals surface area contributed by atoms with Crippen LogP contribution >= 0.6 is 15.9 Å². The summed E-state index contributed by atoms with van der Waals surface area (Å²) in [5, 5.41) is 3.18. The average molecular weight is 393 g/mol. The molecule has 0 saturated heterocycles. The van der Waals surface area contributed by atoms with Crippen LogP contribution in [0.4, 0.5) is 0 Å². The molecule has 1 N–H and O–H groups in total. The molecule has 0 aromatic heterocycles. The van der Waals surface area contributed by atoms with Gasteiger partial charge in [-0.15, -0.1) is 0 Å². The van der Waals surface area contributed by atoms with Crippen molar-refractivity contribution in [1.82, 2.24) is 10.2 Å². The first-order chi connectivity index (χ1) is 11.6. The van der Waals surface area contributed by atoms with Crippen molar-refractivity contribution in [3.05, 3.63) is 40.5 Å². The van der Waals surface area contributed by atoms with Gasteiger partial charge in [-0.25, -0.2) is 0 Å². The lowest BCUT2D eigenvalue weighted by molar-refractivity contribution is -0.115. The number of halogens is 1. The quantitative estimate of drug-likeness (QED) is 0.555. The molecule has 2 rings (SSSR count). The Balaban J connectivity index is 2.10. The van der Waals surface area contributed by atoms with Crippen LogP contribution in [0.25, 0.3) is 5.57 Å². The van der Waals surface area contributed by atoms with Crippen LogP contribution in [-0.2, 0) is 4.79 Å². The Labute approximate surface area is 154 Å². The summed E-state index contributed by atoms with van der Waals surface area (Å²) in [6.45, 7) is 3.73. The highest BCUT2D eigenvalue weighted by Gasteiger charge is 2.18. The van der Waals surface area contributed by atoms with Gasteiger partial charge in [0.15, 0.2) is 0 Å². The van der Waals surface area contributed by atoms with Crippen molar-refractivity contribution in [2.75, 3.05) is 20.1 Å². The van der Waals surface area contributed by atoms with E-state index in [0.29, 0.717) is 5.92 Å². The summed E-state index contributed by atoms with van der Waals surface area (Å²) in [6.07, 6.45) is 9.70. The predicted molar refractivity (Wildman–Crippen MR) is 105 cm³/mol. The van der Waals surface area contributed by atoms with Crippen LogP contribution in [0.3, 0.4) is 0 Å². The zero-order valence-corrected chi connectivity index (χ0v) is 16.4. The number of hydrogen-bond donors (Lipinski definition) is 1. The van der Waals surface area contributed by atoms with E-state index in [9.17, 15) is 4.79 Å². The first kappa shape index (κ1) is 19.0. The van der Waals surface area contributed by atoms with Crippen LogP contribution in [0.15, 0.2) is 34.9 Å². The van der Waals surface area contributed by atoms with E-state index in [0.717, 1.165) is 28.7 Å². The summed E-state index contributed by atoms with van der Waals surface area (Å²) in [6, 6.07) is 7.91. The molecule has 1 amide bonds. The summed E-state index contributed by atoms with van der Waals surface area (Å²) < 4.78 is 0.949. The molecule has 3 nitrogen and oxygen atoms in total. The van der Waals surface area contributed by atoms with Crippen LogP contribution < -0.4 is 5.32 Å². The molecule has 0 atom stereocenters. The van der Waals surface area contributed by atoms with Crippen LogP contribution in [0.2, 0.25) is 0 Å². The molecule has 0 spiro atoms. The standard InChI is InChI=1S/C20H29BrN2O/c1-3-23(2)15-18(17-12-8-9-13-19(17)21)20(24)22-14-16-10-6-4-5-7-11-16/h8-9,12-13,15-16H,3-7,10-11,14H2,1-2H3,(H,22,24)/b18-15+. The van der Waals surface area contributed by atoms with E-state index in [-0.39, 0.29) is 5.91 Å². The molecule has 24 heavy (non-hydrogen) atoms. The van der Waals surface area contributed by atoms with Crippen LogP contribution in [0, 0.1) is 5.92 Å². The van der Waals surface area contributed by atoms with Crippen molar-refractivity contribution in [3.8, 4) is 0 Å². The summed E-state index contributed by atoms with van der Waals surface area (Å²) in [5.74, 6) is 0.646. The van der Waals surface area contributed by atoms with Gasteiger partial charge < -0.3 is 10.2 Å². The molecule has 0 heterocycles. The third kappa shape index (κ3) is 5.66. The van der Waals surface area contributed by atoms with Gasteiger partial charge in [-0.05, 0) is 31.7 Å². The number of amides is 1. The molecule has 1 aromatic carbocycles. The number of benzene rings is 1. The number of nitrogens with one attached hydrogen (secondary N) is 1. The van der Waals surface area contributed by atoms with Crippen molar-refractivity contribution in [3.63, 3.8) is 0 Å². The van der Waals surface area contributed by atoms with Crippen LogP contribution in [0.1, 0.15) is 51.0 Å². The van der Waals surface area contributed by atoms with Gasteiger partial charge >= 0.3 is 0 Å². The molecule has 1 fully saturated rings. The zero-order valence-electron chi connectivity index (χ0n) is 14.9. The number of rotatable bonds is 6. The smallest absolute Gasteiger partial charge is 0.253 e. The molecule has 0 bridgehead atoms. The van der Waals surface area contributed by atoms with Crippen molar-refractivity contribution < 1.29 is 4.79 Å². The minimum Gasteiger partial charge on any atom is -0.380 e. The fraction of sp³-hybridized carbons (Fsp3) is 0.550. The molecule has 1 aliphatic rings. The lowest BCUT2D eigenvalue weighted by atomic mass is 10.00. The molecule has 1 aliphatic carbocycles. The van der Waals surface area contributed by atoms with Crippen molar-refractivity contribution >= 4 is 27.4 Å². The summed E-state index contributed by atoms with van der Waals surface area (Å²) in [4.78, 5) is 14.9. The topological polar surface area (TPSA) is 32.3 Å². The van der Waals surface area contributed by atoms with Crippen LogP contribution in [0.5, 0.6) is 0 Å². The van der Waals surface area contributed by atoms with Gasteiger partial charge in [0, 0.05) is 36.4 Å². The molecule has 0 aliphatic heterocycles. The largest absolute Gasteiger partial charge is 0.380 e. The first-order valence-corrected chi connectivity index (χ1v) is 9.86. The normalized spacial score (nSPS) is 16.5. The molecule has 1 saturated carbocycles. The molecular weight excluding hydrogens is 364 g/mol. The Kier molecular flexibility index (Phi) is 7.83. The molecule has 1 aromatic rings. The average Bonchev–Trinajstić information content (AvgIpc) is 2.87. The third-order valence-corrected chi connectivity index (χ3v) is 5.47. The van der Waals surface area contributed by atoms with Gasteiger partial charge in [-0.2, -0.15) is 0 Å². The maximum Gasteiger partial charge on any atom is 0.253 e. The number of nitrogens with zero attached hydrogens (tertiary/aromatic N) is 1. The third-order valence-electron chi connectivity index (χ3n) is 4.78. The maximum atomic E-state index is 12.8. The fourth-order valence-electron chi connectivity index (χ4n) is 3.14. The highest BCUT2D eigenvalue weighted by Crippen LogP contribution is 2.26. The van der Waals surface area contributed by atoms with E-state index in [1.807, 2.05) is 42.4 Å². The number of carbonyl (C=O) groups excluding carboxylic acids is 1. The second kappa shape index (κ2) is 9.87. The minimum absolute atomic E-state index is 0.0199. The van der Waals surface area contributed by atoms with E-state index in [4.69, 9.17) is 0 Å². The SMILES string of the molecule is CCN(C)/C=C(/C(=O)NCC1CCCCCC1)c1ccccc1Br. The highest BCUT2D eigenvalue weighted by atomic mass is 79.9. The summed E-state index contributed by atoms with van der Waals surface area (Å²) in [7, 11) is 2.00. The van der Waals surface area contributed by atoms with E-state index in [1.54, 1.807) is 0 Å². The van der Waals surface area contributed by atoms with Crippen LogP contribution in [-0.4, -0.2) is 30.9 Å². The molecule has 0 radical (unpaired) electrons.